The van der Waals surface area contributed by atoms with Crippen LogP contribution in [0.2, 0.25) is 0 Å². The molecular weight excluding hydrogens is 250 g/mol. The predicted octanol–water partition coefficient (Wildman–Crippen LogP) is 1.32. The highest BCUT2D eigenvalue weighted by molar-refractivity contribution is 5.06. The molecule has 2 N–H and O–H groups in total. The van der Waals surface area contributed by atoms with Crippen LogP contribution in [-0.2, 0) is 6.54 Å². The molecule has 1 aromatic heterocycles. The Morgan fingerprint density at radius 2 is 2.10 bits per heavy atom. The molecule has 0 spiro atoms. The van der Waals surface area contributed by atoms with Gasteiger partial charge in [0.25, 0.3) is 0 Å². The number of likely N-dealkylation sites (tertiary alicyclic amines) is 1. The van der Waals surface area contributed by atoms with Crippen LogP contribution in [0.1, 0.15) is 37.9 Å². The molecule has 1 fully saturated rings. The Kier molecular flexibility index (Phi) is 6.01. The molecule has 20 heavy (non-hydrogen) atoms. The van der Waals surface area contributed by atoms with E-state index in [9.17, 15) is 0 Å². The molecule has 0 radical (unpaired) electrons. The highest BCUT2D eigenvalue weighted by atomic mass is 15.2. The zero-order valence-corrected chi connectivity index (χ0v) is 13.0. The van der Waals surface area contributed by atoms with Crippen LogP contribution in [0.4, 0.5) is 0 Å². The van der Waals surface area contributed by atoms with Crippen LogP contribution in [0.3, 0.4) is 0 Å². The molecule has 1 aromatic rings. The average molecular weight is 279 g/mol. The maximum atomic E-state index is 6.02. The van der Waals surface area contributed by atoms with E-state index in [1.807, 2.05) is 12.5 Å². The summed E-state index contributed by atoms with van der Waals surface area (Å²) in [6, 6.07) is 0.270. The smallest absolute Gasteiger partial charge is 0.0948 e. The standard InChI is InChI=1S/C15H29N5/c1-3-6-20-13-17-12-15(20)14(11-16)18(2)9-10-19-7-4-5-8-19/h12-14H,3-11,16H2,1-2H3. The highest BCUT2D eigenvalue weighted by Crippen LogP contribution is 2.18. The molecule has 0 aliphatic carbocycles. The van der Waals surface area contributed by atoms with Gasteiger partial charge in [0.05, 0.1) is 18.1 Å². The zero-order valence-electron chi connectivity index (χ0n) is 13.0. The number of hydrogen-bond donors (Lipinski definition) is 1. The van der Waals surface area contributed by atoms with E-state index >= 15 is 0 Å². The van der Waals surface area contributed by atoms with E-state index in [0.29, 0.717) is 6.54 Å². The minimum absolute atomic E-state index is 0.270. The fourth-order valence-corrected chi connectivity index (χ4v) is 3.02. The van der Waals surface area contributed by atoms with E-state index in [0.717, 1.165) is 26.1 Å². The molecule has 0 bridgehead atoms. The van der Waals surface area contributed by atoms with Gasteiger partial charge in [0, 0.05) is 32.4 Å². The molecule has 1 unspecified atom stereocenters. The number of imidazole rings is 1. The van der Waals surface area contributed by atoms with E-state index in [2.05, 4.69) is 33.3 Å². The van der Waals surface area contributed by atoms with E-state index in [-0.39, 0.29) is 6.04 Å². The van der Waals surface area contributed by atoms with Crippen LogP contribution in [0.25, 0.3) is 0 Å². The first-order valence-electron chi connectivity index (χ1n) is 7.89. The van der Waals surface area contributed by atoms with Crippen molar-refractivity contribution in [2.75, 3.05) is 39.8 Å². The van der Waals surface area contributed by atoms with Gasteiger partial charge in [-0.25, -0.2) is 4.98 Å². The summed E-state index contributed by atoms with van der Waals surface area (Å²) >= 11 is 0. The van der Waals surface area contributed by atoms with Gasteiger partial charge in [-0.2, -0.15) is 0 Å². The predicted molar refractivity (Wildman–Crippen MR) is 82.6 cm³/mol. The van der Waals surface area contributed by atoms with E-state index in [4.69, 9.17) is 5.73 Å². The number of hydrogen-bond acceptors (Lipinski definition) is 4. The van der Waals surface area contributed by atoms with Gasteiger partial charge in [-0.1, -0.05) is 6.92 Å². The fourth-order valence-electron chi connectivity index (χ4n) is 3.02. The van der Waals surface area contributed by atoms with Crippen LogP contribution in [0.15, 0.2) is 12.5 Å². The van der Waals surface area contributed by atoms with Crippen molar-refractivity contribution in [2.45, 2.75) is 38.8 Å². The summed E-state index contributed by atoms with van der Waals surface area (Å²) in [6.07, 6.45) is 7.73. The van der Waals surface area contributed by atoms with E-state index in [1.165, 1.54) is 31.6 Å². The van der Waals surface area contributed by atoms with Crippen LogP contribution in [0, 0.1) is 0 Å². The van der Waals surface area contributed by atoms with Crippen molar-refractivity contribution < 1.29 is 0 Å². The second kappa shape index (κ2) is 7.76. The molecule has 1 aliphatic heterocycles. The topological polar surface area (TPSA) is 50.3 Å². The van der Waals surface area contributed by atoms with E-state index < -0.39 is 0 Å². The molecule has 5 nitrogen and oxygen atoms in total. The summed E-state index contributed by atoms with van der Waals surface area (Å²) in [5.41, 5.74) is 7.27. The molecule has 1 aliphatic rings. The second-order valence-electron chi connectivity index (χ2n) is 5.79. The van der Waals surface area contributed by atoms with Gasteiger partial charge < -0.3 is 15.2 Å². The molecule has 0 saturated carbocycles. The Morgan fingerprint density at radius 1 is 1.35 bits per heavy atom. The molecular formula is C15H29N5. The average Bonchev–Trinajstić information content (AvgIpc) is 3.10. The van der Waals surface area contributed by atoms with Gasteiger partial charge in [-0.15, -0.1) is 0 Å². The quantitative estimate of drug-likeness (QED) is 0.780. The first-order valence-corrected chi connectivity index (χ1v) is 7.89. The summed E-state index contributed by atoms with van der Waals surface area (Å²) in [4.78, 5) is 9.23. The molecule has 1 saturated heterocycles. The van der Waals surface area contributed by atoms with Crippen molar-refractivity contribution in [3.05, 3.63) is 18.2 Å². The highest BCUT2D eigenvalue weighted by Gasteiger charge is 2.20. The van der Waals surface area contributed by atoms with Crippen molar-refractivity contribution in [1.29, 1.82) is 0 Å². The third-order valence-corrected chi connectivity index (χ3v) is 4.27. The van der Waals surface area contributed by atoms with Gasteiger partial charge >= 0.3 is 0 Å². The second-order valence-corrected chi connectivity index (χ2v) is 5.79. The Labute approximate surface area is 122 Å². The molecule has 0 amide bonds. The first-order chi connectivity index (χ1) is 9.76. The van der Waals surface area contributed by atoms with Crippen molar-refractivity contribution in [3.63, 3.8) is 0 Å². The van der Waals surface area contributed by atoms with Gasteiger partial charge in [0.15, 0.2) is 0 Å². The zero-order chi connectivity index (χ0) is 14.4. The maximum Gasteiger partial charge on any atom is 0.0948 e. The lowest BCUT2D eigenvalue weighted by atomic mass is 10.2. The number of aryl methyl sites for hydroxylation is 1. The van der Waals surface area contributed by atoms with Crippen LogP contribution < -0.4 is 5.73 Å². The normalized spacial score (nSPS) is 18.0. The molecule has 0 aromatic carbocycles. The van der Waals surface area contributed by atoms with E-state index in [1.54, 1.807) is 0 Å². The summed E-state index contributed by atoms with van der Waals surface area (Å²) < 4.78 is 2.24. The Bertz CT molecular complexity index is 383. The van der Waals surface area contributed by atoms with Crippen LogP contribution in [0.5, 0.6) is 0 Å². The Hall–Kier alpha value is -0.910. The van der Waals surface area contributed by atoms with Gasteiger partial charge in [0.2, 0.25) is 0 Å². The Balaban J connectivity index is 1.93. The number of aromatic nitrogens is 2. The van der Waals surface area contributed by atoms with Gasteiger partial charge in [0.1, 0.15) is 0 Å². The van der Waals surface area contributed by atoms with Gasteiger partial charge in [-0.3, -0.25) is 4.90 Å². The van der Waals surface area contributed by atoms with Gasteiger partial charge in [-0.05, 0) is 39.4 Å². The van der Waals surface area contributed by atoms with Crippen LogP contribution in [-0.4, -0.2) is 59.1 Å². The molecule has 2 rings (SSSR count). The minimum Gasteiger partial charge on any atom is -0.333 e. The summed E-state index contributed by atoms with van der Waals surface area (Å²) in [6.45, 7) is 8.59. The number of rotatable bonds is 8. The largest absolute Gasteiger partial charge is 0.333 e. The molecule has 2 heterocycles. The summed E-state index contributed by atoms with van der Waals surface area (Å²) in [5, 5.41) is 0. The van der Waals surface area contributed by atoms with Crippen molar-refractivity contribution in [3.8, 4) is 0 Å². The fraction of sp³-hybridized carbons (Fsp3) is 0.800. The van der Waals surface area contributed by atoms with Crippen molar-refractivity contribution in [1.82, 2.24) is 19.4 Å². The third-order valence-electron chi connectivity index (χ3n) is 4.27. The lowest BCUT2D eigenvalue weighted by Gasteiger charge is -2.29. The van der Waals surface area contributed by atoms with Crippen LogP contribution >= 0.6 is 0 Å². The first kappa shape index (κ1) is 15.5. The van der Waals surface area contributed by atoms with Crippen molar-refractivity contribution >= 4 is 0 Å². The maximum absolute atomic E-state index is 6.02. The summed E-state index contributed by atoms with van der Waals surface area (Å²) in [7, 11) is 2.18. The lowest BCUT2D eigenvalue weighted by molar-refractivity contribution is 0.203. The molecule has 5 heteroatoms. The number of nitrogens with zero attached hydrogens (tertiary/aromatic N) is 4. The third kappa shape index (κ3) is 3.81. The summed E-state index contributed by atoms with van der Waals surface area (Å²) in [5.74, 6) is 0. The minimum atomic E-state index is 0.270. The molecule has 1 atom stereocenters. The SMILES string of the molecule is CCCn1cncc1C(CN)N(C)CCN1CCCC1. The number of likely N-dealkylation sites (N-methyl/N-ethyl adjacent to an activating group) is 1. The van der Waals surface area contributed by atoms with Crippen molar-refractivity contribution in [2.24, 2.45) is 5.73 Å². The Morgan fingerprint density at radius 3 is 2.75 bits per heavy atom. The number of nitrogens with two attached hydrogens (primary N) is 1. The molecule has 114 valence electrons. The monoisotopic (exact) mass is 279 g/mol. The lowest BCUT2D eigenvalue weighted by Crippen LogP contribution is -2.37.